The zero-order valence-electron chi connectivity index (χ0n) is 11.0. The van der Waals surface area contributed by atoms with Crippen molar-refractivity contribution in [2.24, 2.45) is 0 Å². The van der Waals surface area contributed by atoms with Crippen LogP contribution in [0.3, 0.4) is 0 Å². The third-order valence-corrected chi connectivity index (χ3v) is 4.32. The Kier molecular flexibility index (Phi) is 2.81. The summed E-state index contributed by atoms with van der Waals surface area (Å²) in [6.45, 7) is 2.20. The van der Waals surface area contributed by atoms with E-state index in [0.717, 1.165) is 5.56 Å². The molecule has 1 aromatic rings. The molecule has 2 aliphatic rings. The predicted octanol–water partition coefficient (Wildman–Crippen LogP) is 2.06. The average molecular weight is 259 g/mol. The molecule has 4 nitrogen and oxygen atoms in total. The highest BCUT2D eigenvalue weighted by Gasteiger charge is 2.56. The van der Waals surface area contributed by atoms with Gasteiger partial charge in [-0.2, -0.15) is 0 Å². The molecule has 0 spiro atoms. The lowest BCUT2D eigenvalue weighted by Gasteiger charge is -2.44. The molecular formula is C15H17NO3. The zero-order valence-corrected chi connectivity index (χ0v) is 11.0. The molecule has 0 unspecified atom stereocenters. The average Bonchev–Trinajstić information content (AvgIpc) is 2.80. The van der Waals surface area contributed by atoms with E-state index in [1.807, 2.05) is 37.3 Å². The highest BCUT2D eigenvalue weighted by Crippen LogP contribution is 2.43. The molecule has 4 heteroatoms. The molecule has 0 aromatic heterocycles. The number of esters is 1. The van der Waals surface area contributed by atoms with Crippen LogP contribution in [0.5, 0.6) is 0 Å². The Morgan fingerprint density at radius 3 is 2.74 bits per heavy atom. The van der Waals surface area contributed by atoms with Gasteiger partial charge in [0.1, 0.15) is 12.1 Å². The maximum Gasteiger partial charge on any atom is 0.332 e. The minimum Gasteiger partial charge on any atom is -0.461 e. The van der Waals surface area contributed by atoms with Crippen molar-refractivity contribution >= 4 is 11.9 Å². The van der Waals surface area contributed by atoms with Crippen LogP contribution in [-0.2, 0) is 14.3 Å². The first-order valence-electron chi connectivity index (χ1n) is 6.73. The van der Waals surface area contributed by atoms with Crippen molar-refractivity contribution in [1.29, 1.82) is 0 Å². The van der Waals surface area contributed by atoms with Crippen LogP contribution in [0, 0.1) is 0 Å². The van der Waals surface area contributed by atoms with E-state index < -0.39 is 5.54 Å². The van der Waals surface area contributed by atoms with Gasteiger partial charge in [-0.15, -0.1) is 0 Å². The Morgan fingerprint density at radius 2 is 2.05 bits per heavy atom. The van der Waals surface area contributed by atoms with Crippen molar-refractivity contribution < 1.29 is 14.3 Å². The van der Waals surface area contributed by atoms with Gasteiger partial charge in [0.15, 0.2) is 0 Å². The molecule has 0 radical (unpaired) electrons. The second kappa shape index (κ2) is 4.37. The monoisotopic (exact) mass is 259 g/mol. The number of rotatable bonds is 2. The first kappa shape index (κ1) is 12.2. The Balaban J connectivity index is 2.04. The van der Waals surface area contributed by atoms with Crippen molar-refractivity contribution in [2.75, 3.05) is 6.61 Å². The summed E-state index contributed by atoms with van der Waals surface area (Å²) in [6, 6.07) is 9.65. The molecule has 0 N–H and O–H groups in total. The van der Waals surface area contributed by atoms with Crippen LogP contribution in [-0.4, -0.2) is 28.9 Å². The van der Waals surface area contributed by atoms with Crippen LogP contribution in [0.2, 0.25) is 0 Å². The van der Waals surface area contributed by atoms with Gasteiger partial charge < -0.3 is 9.64 Å². The minimum atomic E-state index is -0.740. The molecule has 1 aromatic carbocycles. The van der Waals surface area contributed by atoms with Gasteiger partial charge in [-0.25, -0.2) is 4.79 Å². The fourth-order valence-electron chi connectivity index (χ4n) is 3.24. The van der Waals surface area contributed by atoms with Crippen LogP contribution in [0.4, 0.5) is 0 Å². The number of amides is 1. The van der Waals surface area contributed by atoms with Gasteiger partial charge >= 0.3 is 5.97 Å². The van der Waals surface area contributed by atoms with Crippen molar-refractivity contribution in [1.82, 2.24) is 4.90 Å². The van der Waals surface area contributed by atoms with Crippen LogP contribution >= 0.6 is 0 Å². The maximum atomic E-state index is 12.2. The van der Waals surface area contributed by atoms with E-state index in [-0.39, 0.29) is 24.5 Å². The molecule has 0 aliphatic carbocycles. The molecule has 19 heavy (non-hydrogen) atoms. The van der Waals surface area contributed by atoms with Crippen LogP contribution in [0.15, 0.2) is 30.3 Å². The van der Waals surface area contributed by atoms with Gasteiger partial charge in [-0.1, -0.05) is 37.3 Å². The zero-order chi connectivity index (χ0) is 13.5. The number of nitrogens with zero attached hydrogens (tertiary/aromatic N) is 1. The first-order valence-corrected chi connectivity index (χ1v) is 6.73. The number of cyclic esters (lactones) is 1. The SMILES string of the molecule is CC[C@]12CCC(=O)N1[C@@H](c1ccccc1)COC2=O. The summed E-state index contributed by atoms with van der Waals surface area (Å²) in [6.07, 6.45) is 1.62. The normalized spacial score (nSPS) is 30.2. The summed E-state index contributed by atoms with van der Waals surface area (Å²) >= 11 is 0. The number of carbonyl (C=O) groups is 2. The van der Waals surface area contributed by atoms with Crippen molar-refractivity contribution in [3.05, 3.63) is 35.9 Å². The lowest BCUT2D eigenvalue weighted by Crippen LogP contribution is -2.58. The van der Waals surface area contributed by atoms with E-state index in [9.17, 15) is 9.59 Å². The molecule has 0 saturated carbocycles. The molecule has 100 valence electrons. The van der Waals surface area contributed by atoms with Gasteiger partial charge in [0.2, 0.25) is 5.91 Å². The topological polar surface area (TPSA) is 46.6 Å². The fourth-order valence-corrected chi connectivity index (χ4v) is 3.24. The van der Waals surface area contributed by atoms with Crippen molar-refractivity contribution in [2.45, 2.75) is 37.8 Å². The third kappa shape index (κ3) is 1.66. The van der Waals surface area contributed by atoms with E-state index in [4.69, 9.17) is 4.74 Å². The molecular weight excluding hydrogens is 242 g/mol. The minimum absolute atomic E-state index is 0.0624. The quantitative estimate of drug-likeness (QED) is 0.764. The number of benzene rings is 1. The van der Waals surface area contributed by atoms with Crippen LogP contribution in [0.1, 0.15) is 37.8 Å². The maximum absolute atomic E-state index is 12.2. The number of hydrogen-bond acceptors (Lipinski definition) is 3. The molecule has 2 heterocycles. The van der Waals surface area contributed by atoms with Crippen LogP contribution < -0.4 is 0 Å². The van der Waals surface area contributed by atoms with Gasteiger partial charge in [0.05, 0.1) is 6.04 Å². The highest BCUT2D eigenvalue weighted by atomic mass is 16.5. The summed E-state index contributed by atoms with van der Waals surface area (Å²) in [4.78, 5) is 26.1. The second-order valence-electron chi connectivity index (χ2n) is 5.17. The Hall–Kier alpha value is -1.84. The largest absolute Gasteiger partial charge is 0.461 e. The second-order valence-corrected chi connectivity index (χ2v) is 5.17. The first-order chi connectivity index (χ1) is 9.19. The van der Waals surface area contributed by atoms with E-state index >= 15 is 0 Å². The van der Waals surface area contributed by atoms with E-state index in [1.165, 1.54) is 0 Å². The summed E-state index contributed by atoms with van der Waals surface area (Å²) in [7, 11) is 0. The number of fused-ring (bicyclic) bond motifs is 1. The number of hydrogen-bond donors (Lipinski definition) is 0. The van der Waals surface area contributed by atoms with Gasteiger partial charge in [0, 0.05) is 6.42 Å². The molecule has 0 bridgehead atoms. The van der Waals surface area contributed by atoms with Crippen molar-refractivity contribution in [3.8, 4) is 0 Å². The molecule has 2 aliphatic heterocycles. The number of morpholine rings is 1. The molecule has 2 atom stereocenters. The summed E-state index contributed by atoms with van der Waals surface area (Å²) in [5.74, 6) is -0.180. The third-order valence-electron chi connectivity index (χ3n) is 4.32. The molecule has 2 fully saturated rings. The smallest absolute Gasteiger partial charge is 0.332 e. The van der Waals surface area contributed by atoms with E-state index in [0.29, 0.717) is 19.3 Å². The van der Waals surface area contributed by atoms with Crippen molar-refractivity contribution in [3.63, 3.8) is 0 Å². The Labute approximate surface area is 112 Å². The van der Waals surface area contributed by atoms with Gasteiger partial charge in [-0.3, -0.25) is 4.79 Å². The summed E-state index contributed by atoms with van der Waals surface area (Å²) < 4.78 is 5.37. The number of ether oxygens (including phenoxy) is 1. The van der Waals surface area contributed by atoms with Crippen LogP contribution in [0.25, 0.3) is 0 Å². The molecule has 1 amide bonds. The predicted molar refractivity (Wildman–Crippen MR) is 69.2 cm³/mol. The van der Waals surface area contributed by atoms with E-state index in [2.05, 4.69) is 0 Å². The lowest BCUT2D eigenvalue weighted by atomic mass is 9.89. The standard InChI is InChI=1S/C15H17NO3/c1-2-15-9-8-13(17)16(15)12(10-19-14(15)18)11-6-4-3-5-7-11/h3-7,12H,2,8-10H2,1H3/t12-,15-/m1/s1. The Bertz CT molecular complexity index is 513. The van der Waals surface area contributed by atoms with Gasteiger partial charge in [-0.05, 0) is 18.4 Å². The molecule has 3 rings (SSSR count). The highest BCUT2D eigenvalue weighted by molar-refractivity contribution is 5.93. The molecule has 2 saturated heterocycles. The lowest BCUT2D eigenvalue weighted by molar-refractivity contribution is -0.177. The number of carbonyl (C=O) groups excluding carboxylic acids is 2. The fraction of sp³-hybridized carbons (Fsp3) is 0.467. The van der Waals surface area contributed by atoms with E-state index in [1.54, 1.807) is 4.90 Å². The van der Waals surface area contributed by atoms with Gasteiger partial charge in [0.25, 0.3) is 0 Å². The summed E-state index contributed by atoms with van der Waals surface area (Å²) in [5, 5.41) is 0. The Morgan fingerprint density at radius 1 is 1.32 bits per heavy atom. The summed E-state index contributed by atoms with van der Waals surface area (Å²) in [5.41, 5.74) is 0.290.